The largest absolute Gasteiger partial charge is 0.460 e. The van der Waals surface area contributed by atoms with Crippen LogP contribution in [-0.4, -0.2) is 53.0 Å². The third-order valence-electron chi connectivity index (χ3n) is 5.34. The van der Waals surface area contributed by atoms with Gasteiger partial charge >= 0.3 is 5.97 Å². The fourth-order valence-electron chi connectivity index (χ4n) is 3.76. The SMILES string of the molecule is CC(C)(C)OC(=O)CCCN1CCC(NC(=O)c2ccc(-c3cccc(F)c3)nc2)CC1. The van der Waals surface area contributed by atoms with Gasteiger partial charge in [0.1, 0.15) is 11.4 Å². The van der Waals surface area contributed by atoms with Crippen LogP contribution in [0.4, 0.5) is 4.39 Å². The van der Waals surface area contributed by atoms with Crippen LogP contribution in [0.5, 0.6) is 0 Å². The molecule has 2 aromatic rings. The second kappa shape index (κ2) is 10.7. The first-order chi connectivity index (χ1) is 15.2. The van der Waals surface area contributed by atoms with Gasteiger partial charge in [0.25, 0.3) is 5.91 Å². The van der Waals surface area contributed by atoms with Gasteiger partial charge in [0.15, 0.2) is 0 Å². The summed E-state index contributed by atoms with van der Waals surface area (Å²) in [5.74, 6) is -0.620. The lowest BCUT2D eigenvalue weighted by Crippen LogP contribution is -2.44. The van der Waals surface area contributed by atoms with Crippen LogP contribution in [-0.2, 0) is 9.53 Å². The number of hydrogen-bond acceptors (Lipinski definition) is 5. The van der Waals surface area contributed by atoms with Crippen LogP contribution in [0.15, 0.2) is 42.6 Å². The van der Waals surface area contributed by atoms with E-state index in [1.54, 1.807) is 24.3 Å². The van der Waals surface area contributed by atoms with Crippen molar-refractivity contribution in [2.75, 3.05) is 19.6 Å². The van der Waals surface area contributed by atoms with E-state index in [1.807, 2.05) is 20.8 Å². The number of piperidine rings is 1. The number of likely N-dealkylation sites (tertiary alicyclic amines) is 1. The van der Waals surface area contributed by atoms with Crippen LogP contribution < -0.4 is 5.32 Å². The molecular weight excluding hydrogens is 409 g/mol. The molecule has 0 saturated carbocycles. The summed E-state index contributed by atoms with van der Waals surface area (Å²) in [6.07, 6.45) is 4.46. The zero-order chi connectivity index (χ0) is 23.1. The number of benzene rings is 1. The number of nitrogens with zero attached hydrogens (tertiary/aromatic N) is 2. The number of rotatable bonds is 7. The van der Waals surface area contributed by atoms with E-state index in [0.29, 0.717) is 23.2 Å². The van der Waals surface area contributed by atoms with E-state index in [9.17, 15) is 14.0 Å². The highest BCUT2D eigenvalue weighted by molar-refractivity contribution is 5.94. The van der Waals surface area contributed by atoms with Gasteiger partial charge in [-0.05, 0) is 70.8 Å². The number of ether oxygens (including phenoxy) is 1. The lowest BCUT2D eigenvalue weighted by atomic mass is 10.0. The summed E-state index contributed by atoms with van der Waals surface area (Å²) >= 11 is 0. The predicted octanol–water partition coefficient (Wildman–Crippen LogP) is 4.20. The molecule has 0 unspecified atom stereocenters. The Hall–Kier alpha value is -2.80. The third kappa shape index (κ3) is 7.41. The van der Waals surface area contributed by atoms with E-state index in [4.69, 9.17) is 4.74 Å². The normalized spacial score (nSPS) is 15.4. The van der Waals surface area contributed by atoms with E-state index in [2.05, 4.69) is 15.2 Å². The highest BCUT2D eigenvalue weighted by Gasteiger charge is 2.22. The number of nitrogens with one attached hydrogen (secondary N) is 1. The highest BCUT2D eigenvalue weighted by Crippen LogP contribution is 2.18. The number of carbonyl (C=O) groups excluding carboxylic acids is 2. The van der Waals surface area contributed by atoms with Gasteiger partial charge in [-0.25, -0.2) is 4.39 Å². The number of halogens is 1. The molecule has 1 aromatic heterocycles. The Kier molecular flexibility index (Phi) is 7.96. The van der Waals surface area contributed by atoms with Crippen molar-refractivity contribution in [2.45, 2.75) is 58.1 Å². The van der Waals surface area contributed by atoms with Crippen molar-refractivity contribution in [1.29, 1.82) is 0 Å². The molecule has 1 aromatic carbocycles. The first-order valence-corrected chi connectivity index (χ1v) is 11.2. The number of amides is 1. The molecule has 1 amide bonds. The number of carbonyl (C=O) groups is 2. The number of hydrogen-bond donors (Lipinski definition) is 1. The first-order valence-electron chi connectivity index (χ1n) is 11.2. The fourth-order valence-corrected chi connectivity index (χ4v) is 3.76. The molecule has 1 saturated heterocycles. The van der Waals surface area contributed by atoms with Crippen LogP contribution in [0.1, 0.15) is 56.8 Å². The predicted molar refractivity (Wildman–Crippen MR) is 122 cm³/mol. The zero-order valence-electron chi connectivity index (χ0n) is 19.1. The van der Waals surface area contributed by atoms with Gasteiger partial charge in [0.05, 0.1) is 11.3 Å². The van der Waals surface area contributed by atoms with Crippen molar-refractivity contribution in [3.05, 3.63) is 54.0 Å². The molecule has 1 aliphatic heterocycles. The van der Waals surface area contributed by atoms with Gasteiger partial charge in [0, 0.05) is 37.3 Å². The highest BCUT2D eigenvalue weighted by atomic mass is 19.1. The van der Waals surface area contributed by atoms with Crippen molar-refractivity contribution in [3.63, 3.8) is 0 Å². The molecule has 2 heterocycles. The van der Waals surface area contributed by atoms with Gasteiger partial charge in [-0.2, -0.15) is 0 Å². The van der Waals surface area contributed by atoms with Gasteiger partial charge in [-0.1, -0.05) is 12.1 Å². The van der Waals surface area contributed by atoms with E-state index in [-0.39, 0.29) is 23.7 Å². The Labute approximate surface area is 189 Å². The molecule has 1 aliphatic rings. The molecule has 7 heteroatoms. The summed E-state index contributed by atoms with van der Waals surface area (Å²) in [4.78, 5) is 31.0. The minimum absolute atomic E-state index is 0.118. The Bertz CT molecular complexity index is 917. The minimum Gasteiger partial charge on any atom is -0.460 e. The molecule has 0 radical (unpaired) electrons. The van der Waals surface area contributed by atoms with Crippen molar-refractivity contribution in [2.24, 2.45) is 0 Å². The molecule has 0 atom stereocenters. The third-order valence-corrected chi connectivity index (χ3v) is 5.34. The smallest absolute Gasteiger partial charge is 0.306 e. The van der Waals surface area contributed by atoms with Crippen molar-refractivity contribution < 1.29 is 18.7 Å². The van der Waals surface area contributed by atoms with E-state index in [0.717, 1.165) is 38.9 Å². The molecular formula is C25H32FN3O3. The lowest BCUT2D eigenvalue weighted by molar-refractivity contribution is -0.155. The van der Waals surface area contributed by atoms with E-state index < -0.39 is 5.60 Å². The average molecular weight is 442 g/mol. The van der Waals surface area contributed by atoms with Crippen LogP contribution in [0.3, 0.4) is 0 Å². The van der Waals surface area contributed by atoms with Gasteiger partial charge in [-0.3, -0.25) is 14.6 Å². The molecule has 0 aliphatic carbocycles. The minimum atomic E-state index is -0.442. The first kappa shape index (κ1) is 23.9. The summed E-state index contributed by atoms with van der Waals surface area (Å²) in [7, 11) is 0. The average Bonchev–Trinajstić information content (AvgIpc) is 2.74. The molecule has 3 rings (SSSR count). The molecule has 0 bridgehead atoms. The topological polar surface area (TPSA) is 71.5 Å². The monoisotopic (exact) mass is 441 g/mol. The van der Waals surface area contributed by atoms with Crippen LogP contribution in [0, 0.1) is 5.82 Å². The molecule has 1 N–H and O–H groups in total. The molecule has 1 fully saturated rings. The van der Waals surface area contributed by atoms with Gasteiger partial charge < -0.3 is 15.0 Å². The molecule has 172 valence electrons. The molecule has 6 nitrogen and oxygen atoms in total. The summed E-state index contributed by atoms with van der Waals surface area (Å²) in [5.41, 5.74) is 1.35. The van der Waals surface area contributed by atoms with Crippen LogP contribution in [0.2, 0.25) is 0 Å². The Morgan fingerprint density at radius 3 is 2.56 bits per heavy atom. The Morgan fingerprint density at radius 1 is 1.19 bits per heavy atom. The summed E-state index contributed by atoms with van der Waals surface area (Å²) in [6, 6.07) is 9.79. The van der Waals surface area contributed by atoms with Crippen molar-refractivity contribution >= 4 is 11.9 Å². The molecule has 32 heavy (non-hydrogen) atoms. The Morgan fingerprint density at radius 2 is 1.94 bits per heavy atom. The zero-order valence-corrected chi connectivity index (χ0v) is 19.1. The fraction of sp³-hybridized carbons (Fsp3) is 0.480. The van der Waals surface area contributed by atoms with Crippen LogP contribution >= 0.6 is 0 Å². The quantitative estimate of drug-likeness (QED) is 0.652. The van der Waals surface area contributed by atoms with Crippen molar-refractivity contribution in [3.8, 4) is 11.3 Å². The standard InChI is InChI=1S/C25H32FN3O3/c1-25(2,3)32-23(30)8-5-13-29-14-11-21(12-15-29)28-24(31)19-9-10-22(27-17-19)18-6-4-7-20(26)16-18/h4,6-7,9-10,16-17,21H,5,8,11-15H2,1-3H3,(H,28,31). The van der Waals surface area contributed by atoms with Gasteiger partial charge in [-0.15, -0.1) is 0 Å². The number of pyridine rings is 1. The lowest BCUT2D eigenvalue weighted by Gasteiger charge is -2.32. The summed E-state index contributed by atoms with van der Waals surface area (Å²) < 4.78 is 18.7. The van der Waals surface area contributed by atoms with Gasteiger partial charge in [0.2, 0.25) is 0 Å². The van der Waals surface area contributed by atoms with E-state index in [1.165, 1.54) is 18.3 Å². The van der Waals surface area contributed by atoms with Crippen molar-refractivity contribution in [1.82, 2.24) is 15.2 Å². The maximum absolute atomic E-state index is 13.4. The van der Waals surface area contributed by atoms with E-state index >= 15 is 0 Å². The second-order valence-corrected chi connectivity index (χ2v) is 9.22. The maximum atomic E-state index is 13.4. The second-order valence-electron chi connectivity index (χ2n) is 9.22. The molecule has 0 spiro atoms. The number of aromatic nitrogens is 1. The number of esters is 1. The van der Waals surface area contributed by atoms with Crippen LogP contribution in [0.25, 0.3) is 11.3 Å². The summed E-state index contributed by atoms with van der Waals surface area (Å²) in [5, 5.41) is 3.08. The Balaban J connectivity index is 1.40. The maximum Gasteiger partial charge on any atom is 0.306 e. The summed E-state index contributed by atoms with van der Waals surface area (Å²) in [6.45, 7) is 8.24.